The quantitative estimate of drug-likeness (QED) is 0.496. The number of Topliss-reactive ketones (excluding diaryl/α,β-unsaturated/α-hetero) is 1. The van der Waals surface area contributed by atoms with Crippen LogP contribution in [0.15, 0.2) is 0 Å². The number of alkyl halides is 3. The number of ketones is 1. The molecule has 13 heavy (non-hydrogen) atoms. The van der Waals surface area contributed by atoms with Crippen LogP contribution in [0.25, 0.3) is 0 Å². The van der Waals surface area contributed by atoms with Crippen molar-refractivity contribution in [3.8, 4) is 0 Å². The van der Waals surface area contributed by atoms with Crippen LogP contribution >= 0.6 is 22.6 Å². The first kappa shape index (κ1) is 9.80. The number of halogens is 3. The van der Waals surface area contributed by atoms with Crippen LogP contribution in [-0.2, 0) is 4.79 Å². The van der Waals surface area contributed by atoms with Crippen molar-refractivity contribution in [1.29, 1.82) is 0 Å². The Morgan fingerprint density at radius 2 is 2.08 bits per heavy atom. The van der Waals surface area contributed by atoms with E-state index in [0.29, 0.717) is 12.8 Å². The summed E-state index contributed by atoms with van der Waals surface area (Å²) in [7, 11) is 0. The van der Waals surface area contributed by atoms with Gasteiger partial charge in [0, 0.05) is 17.8 Å². The molecule has 0 spiro atoms. The third-order valence-electron chi connectivity index (χ3n) is 3.38. The number of carbonyl (C=O) groups excluding carboxylic acids is 1. The van der Waals surface area contributed by atoms with Gasteiger partial charge in [-0.1, -0.05) is 29.5 Å². The second-order valence-corrected chi connectivity index (χ2v) is 5.55. The summed E-state index contributed by atoms with van der Waals surface area (Å²) >= 11 is 1.81. The fourth-order valence-electron chi connectivity index (χ4n) is 2.57. The van der Waals surface area contributed by atoms with Crippen molar-refractivity contribution in [1.82, 2.24) is 0 Å². The first-order valence-corrected chi connectivity index (χ1v) is 5.76. The Labute approximate surface area is 89.4 Å². The van der Waals surface area contributed by atoms with Crippen molar-refractivity contribution in [2.24, 2.45) is 17.8 Å². The molecule has 0 heterocycles. The van der Waals surface area contributed by atoms with Gasteiger partial charge in [-0.15, -0.1) is 0 Å². The Kier molecular flexibility index (Phi) is 2.17. The van der Waals surface area contributed by atoms with Gasteiger partial charge in [0.1, 0.15) is 5.78 Å². The van der Waals surface area contributed by atoms with E-state index in [-0.39, 0.29) is 11.7 Å². The summed E-state index contributed by atoms with van der Waals surface area (Å²) in [5, 5.41) is 0. The molecule has 0 aromatic rings. The lowest BCUT2D eigenvalue weighted by Gasteiger charge is -2.50. The van der Waals surface area contributed by atoms with Crippen LogP contribution < -0.4 is 0 Å². The highest BCUT2D eigenvalue weighted by molar-refractivity contribution is 14.1. The number of carbonyl (C=O) groups is 1. The maximum Gasteiger partial charge on any atom is 0.263 e. The average molecular weight is 300 g/mol. The molecule has 0 radical (unpaired) electrons. The standard InChI is InChI=1S/C9H11F2IO/c1-4-7-5(8(4)13)2-3-6(12)9(7,10)11/h4-7H,2-3H2,1H3. The lowest BCUT2D eigenvalue weighted by atomic mass is 9.57. The van der Waals surface area contributed by atoms with Gasteiger partial charge in [0.25, 0.3) is 5.92 Å². The maximum atomic E-state index is 13.6. The first-order valence-electron chi connectivity index (χ1n) is 4.52. The van der Waals surface area contributed by atoms with E-state index >= 15 is 0 Å². The summed E-state index contributed by atoms with van der Waals surface area (Å²) in [6.07, 6.45) is 1.14. The Hall–Kier alpha value is 0.260. The summed E-state index contributed by atoms with van der Waals surface area (Å²) in [5.74, 6) is -4.01. The van der Waals surface area contributed by atoms with Crippen molar-refractivity contribution in [3.05, 3.63) is 0 Å². The van der Waals surface area contributed by atoms with E-state index in [4.69, 9.17) is 0 Å². The third-order valence-corrected chi connectivity index (χ3v) is 4.83. The molecule has 0 aromatic heterocycles. The summed E-state index contributed by atoms with van der Waals surface area (Å²) in [6, 6.07) is 0. The van der Waals surface area contributed by atoms with Gasteiger partial charge in [-0.05, 0) is 12.8 Å². The molecule has 0 N–H and O–H groups in total. The summed E-state index contributed by atoms with van der Waals surface area (Å²) in [6.45, 7) is 1.63. The molecule has 2 saturated carbocycles. The molecule has 4 heteroatoms. The highest BCUT2D eigenvalue weighted by Gasteiger charge is 2.63. The van der Waals surface area contributed by atoms with E-state index in [2.05, 4.69) is 0 Å². The van der Waals surface area contributed by atoms with Crippen LogP contribution in [0.3, 0.4) is 0 Å². The van der Waals surface area contributed by atoms with Crippen molar-refractivity contribution in [3.63, 3.8) is 0 Å². The van der Waals surface area contributed by atoms with Crippen LogP contribution in [0.2, 0.25) is 0 Å². The van der Waals surface area contributed by atoms with Crippen LogP contribution in [-0.4, -0.2) is 15.6 Å². The molecule has 2 aliphatic carbocycles. The monoisotopic (exact) mass is 300 g/mol. The molecular formula is C9H11F2IO. The van der Waals surface area contributed by atoms with Gasteiger partial charge in [-0.3, -0.25) is 4.79 Å². The minimum atomic E-state index is -2.63. The molecule has 2 fully saturated rings. The van der Waals surface area contributed by atoms with Crippen LogP contribution in [0, 0.1) is 17.8 Å². The lowest BCUT2D eigenvalue weighted by molar-refractivity contribution is -0.181. The fraction of sp³-hybridized carbons (Fsp3) is 0.889. The van der Waals surface area contributed by atoms with E-state index in [9.17, 15) is 13.6 Å². The van der Waals surface area contributed by atoms with Gasteiger partial charge in [-0.25, -0.2) is 8.78 Å². The zero-order valence-electron chi connectivity index (χ0n) is 7.27. The van der Waals surface area contributed by atoms with Gasteiger partial charge in [0.05, 0.1) is 3.92 Å². The van der Waals surface area contributed by atoms with Gasteiger partial charge in [0.2, 0.25) is 0 Å². The first-order chi connectivity index (χ1) is 5.96. The predicted octanol–water partition coefficient (Wildman–Crippen LogP) is 2.67. The van der Waals surface area contributed by atoms with Gasteiger partial charge in [-0.2, -0.15) is 0 Å². The zero-order chi connectivity index (χ0) is 9.80. The number of hydrogen-bond acceptors (Lipinski definition) is 1. The molecule has 2 rings (SSSR count). The largest absolute Gasteiger partial charge is 0.299 e. The molecule has 0 aliphatic heterocycles. The fourth-order valence-corrected chi connectivity index (χ4v) is 3.35. The predicted molar refractivity (Wildman–Crippen MR) is 53.1 cm³/mol. The SMILES string of the molecule is CC1C(=O)C2CCC(I)C(F)(F)C12. The normalized spacial score (nSPS) is 48.2. The molecule has 0 saturated heterocycles. The van der Waals surface area contributed by atoms with E-state index in [0.717, 1.165) is 0 Å². The maximum absolute atomic E-state index is 13.6. The minimum absolute atomic E-state index is 0.0491. The van der Waals surface area contributed by atoms with Crippen molar-refractivity contribution in [2.75, 3.05) is 0 Å². The highest BCUT2D eigenvalue weighted by Crippen LogP contribution is 2.55. The molecular weight excluding hydrogens is 289 g/mol. The zero-order valence-corrected chi connectivity index (χ0v) is 9.42. The van der Waals surface area contributed by atoms with Crippen LogP contribution in [0.4, 0.5) is 8.78 Å². The van der Waals surface area contributed by atoms with E-state index < -0.39 is 21.7 Å². The molecule has 74 valence electrons. The summed E-state index contributed by atoms with van der Waals surface area (Å²) < 4.78 is 26.5. The molecule has 1 nitrogen and oxygen atoms in total. The molecule has 0 amide bonds. The third kappa shape index (κ3) is 1.17. The average Bonchev–Trinajstić information content (AvgIpc) is 2.08. The smallest absolute Gasteiger partial charge is 0.263 e. The van der Waals surface area contributed by atoms with Gasteiger partial charge in [0.15, 0.2) is 0 Å². The van der Waals surface area contributed by atoms with Crippen molar-refractivity contribution >= 4 is 28.4 Å². The molecule has 2 aliphatic rings. The molecule has 4 unspecified atom stereocenters. The summed E-state index contributed by atoms with van der Waals surface area (Å²) in [4.78, 5) is 11.3. The molecule has 4 atom stereocenters. The Morgan fingerprint density at radius 3 is 2.69 bits per heavy atom. The highest BCUT2D eigenvalue weighted by atomic mass is 127. The topological polar surface area (TPSA) is 17.1 Å². The molecule has 0 aromatic carbocycles. The Morgan fingerprint density at radius 1 is 1.46 bits per heavy atom. The number of fused-ring (bicyclic) bond motifs is 1. The van der Waals surface area contributed by atoms with E-state index in [1.54, 1.807) is 6.92 Å². The minimum Gasteiger partial charge on any atom is -0.299 e. The van der Waals surface area contributed by atoms with Crippen molar-refractivity contribution < 1.29 is 13.6 Å². The summed E-state index contributed by atoms with van der Waals surface area (Å²) in [5.41, 5.74) is 0. The Bertz CT molecular complexity index is 254. The van der Waals surface area contributed by atoms with Gasteiger partial charge < -0.3 is 0 Å². The number of rotatable bonds is 0. The second kappa shape index (κ2) is 2.87. The van der Waals surface area contributed by atoms with Crippen LogP contribution in [0.5, 0.6) is 0 Å². The number of hydrogen-bond donors (Lipinski definition) is 0. The molecule has 0 bridgehead atoms. The second-order valence-electron chi connectivity index (χ2n) is 4.04. The van der Waals surface area contributed by atoms with Crippen LogP contribution in [0.1, 0.15) is 19.8 Å². The Balaban J connectivity index is 2.24. The van der Waals surface area contributed by atoms with Crippen molar-refractivity contribution in [2.45, 2.75) is 29.6 Å². The lowest BCUT2D eigenvalue weighted by Crippen LogP contribution is -2.60. The van der Waals surface area contributed by atoms with E-state index in [1.807, 2.05) is 22.6 Å². The van der Waals surface area contributed by atoms with Gasteiger partial charge >= 0.3 is 0 Å². The van der Waals surface area contributed by atoms with E-state index in [1.165, 1.54) is 0 Å².